The number of anilines is 1. The van der Waals surface area contributed by atoms with Crippen molar-refractivity contribution in [2.75, 3.05) is 24.5 Å². The summed E-state index contributed by atoms with van der Waals surface area (Å²) < 4.78 is 2.30. The quantitative estimate of drug-likeness (QED) is 0.548. The summed E-state index contributed by atoms with van der Waals surface area (Å²) in [6.07, 6.45) is 6.30. The molecule has 0 aliphatic carbocycles. The van der Waals surface area contributed by atoms with Crippen LogP contribution in [0.15, 0.2) is 43.0 Å². The van der Waals surface area contributed by atoms with Crippen molar-refractivity contribution in [2.45, 2.75) is 52.6 Å². The number of aromatic nitrogens is 2. The molecule has 0 spiro atoms. The molecule has 0 radical (unpaired) electrons. The topological polar surface area (TPSA) is 41.4 Å². The molecule has 1 fully saturated rings. The lowest BCUT2D eigenvalue weighted by atomic mass is 9.99. The highest BCUT2D eigenvalue weighted by Gasteiger charge is 2.27. The van der Waals surface area contributed by atoms with Crippen molar-refractivity contribution in [3.8, 4) is 0 Å². The molecule has 1 amide bonds. The van der Waals surface area contributed by atoms with Gasteiger partial charge in [0, 0.05) is 43.8 Å². The number of piperidine rings is 1. The van der Waals surface area contributed by atoms with Crippen LogP contribution in [0.2, 0.25) is 0 Å². The minimum atomic E-state index is 0.0683. The van der Waals surface area contributed by atoms with E-state index < -0.39 is 0 Å². The van der Waals surface area contributed by atoms with Crippen molar-refractivity contribution >= 4 is 22.6 Å². The molecule has 0 saturated carbocycles. The van der Waals surface area contributed by atoms with Crippen molar-refractivity contribution in [1.82, 2.24) is 14.5 Å². The predicted molar refractivity (Wildman–Crippen MR) is 130 cm³/mol. The van der Waals surface area contributed by atoms with E-state index in [0.717, 1.165) is 68.7 Å². The molecular formula is C27H32N4O. The van der Waals surface area contributed by atoms with Crippen LogP contribution in [0.4, 0.5) is 5.82 Å². The number of amides is 1. The Balaban J connectivity index is 1.66. The second-order valence-electron chi connectivity index (χ2n) is 9.13. The maximum Gasteiger partial charge on any atom is 0.272 e. The summed E-state index contributed by atoms with van der Waals surface area (Å²) in [5, 5.41) is 1.13. The van der Waals surface area contributed by atoms with E-state index in [1.54, 1.807) is 0 Å². The summed E-state index contributed by atoms with van der Waals surface area (Å²) in [5.74, 6) is 0.995. The molecule has 0 atom stereocenters. The van der Waals surface area contributed by atoms with E-state index in [0.29, 0.717) is 5.69 Å². The number of allylic oxidation sites excluding steroid dienone is 1. The average molecular weight is 429 g/mol. The van der Waals surface area contributed by atoms with Crippen LogP contribution >= 0.6 is 0 Å². The van der Waals surface area contributed by atoms with E-state index in [1.807, 2.05) is 17.0 Å². The fourth-order valence-electron chi connectivity index (χ4n) is 5.26. The summed E-state index contributed by atoms with van der Waals surface area (Å²) in [5.41, 5.74) is 6.88. The number of carbonyl (C=O) groups excluding carboxylic acids is 1. The summed E-state index contributed by atoms with van der Waals surface area (Å²) >= 11 is 0. The Kier molecular flexibility index (Phi) is 5.50. The van der Waals surface area contributed by atoms with Gasteiger partial charge in [-0.25, -0.2) is 4.98 Å². The predicted octanol–water partition coefficient (Wildman–Crippen LogP) is 5.03. The zero-order valence-electron chi connectivity index (χ0n) is 19.2. The van der Waals surface area contributed by atoms with Crippen LogP contribution in [-0.4, -0.2) is 40.0 Å². The third kappa shape index (κ3) is 3.50. The monoisotopic (exact) mass is 428 g/mol. The molecule has 0 unspecified atom stereocenters. The van der Waals surface area contributed by atoms with Gasteiger partial charge in [0.1, 0.15) is 5.69 Å². The van der Waals surface area contributed by atoms with Gasteiger partial charge in [0.15, 0.2) is 5.82 Å². The molecule has 5 heteroatoms. The van der Waals surface area contributed by atoms with Crippen LogP contribution in [-0.2, 0) is 19.5 Å². The fourth-order valence-corrected chi connectivity index (χ4v) is 5.26. The van der Waals surface area contributed by atoms with Crippen molar-refractivity contribution in [3.63, 3.8) is 0 Å². The fraction of sp³-hybridized carbons (Fsp3) is 0.407. The molecule has 2 aliphatic heterocycles. The van der Waals surface area contributed by atoms with Gasteiger partial charge < -0.3 is 14.4 Å². The molecule has 1 saturated heterocycles. The van der Waals surface area contributed by atoms with Crippen LogP contribution in [0.5, 0.6) is 0 Å². The molecule has 5 nitrogen and oxygen atoms in total. The lowest BCUT2D eigenvalue weighted by molar-refractivity contribution is 0.0718. The number of pyridine rings is 1. The molecule has 2 aromatic heterocycles. The van der Waals surface area contributed by atoms with Gasteiger partial charge in [-0.2, -0.15) is 0 Å². The van der Waals surface area contributed by atoms with Crippen LogP contribution in [0, 0.1) is 13.8 Å². The van der Waals surface area contributed by atoms with Gasteiger partial charge in [0.2, 0.25) is 0 Å². The Labute approximate surface area is 190 Å². The Morgan fingerprint density at radius 1 is 1.09 bits per heavy atom. The Morgan fingerprint density at radius 2 is 1.84 bits per heavy atom. The number of hydrogen-bond acceptors (Lipinski definition) is 3. The van der Waals surface area contributed by atoms with E-state index in [4.69, 9.17) is 4.98 Å². The van der Waals surface area contributed by atoms with Crippen LogP contribution in [0.25, 0.3) is 10.9 Å². The van der Waals surface area contributed by atoms with Crippen molar-refractivity contribution in [2.24, 2.45) is 0 Å². The Morgan fingerprint density at radius 3 is 2.59 bits per heavy atom. The van der Waals surface area contributed by atoms with Crippen LogP contribution < -0.4 is 4.90 Å². The van der Waals surface area contributed by atoms with Gasteiger partial charge in [-0.1, -0.05) is 30.3 Å². The van der Waals surface area contributed by atoms with Gasteiger partial charge >= 0.3 is 0 Å². The minimum Gasteiger partial charge on any atom is -0.350 e. The van der Waals surface area contributed by atoms with Gasteiger partial charge in [0.25, 0.3) is 5.91 Å². The second-order valence-corrected chi connectivity index (χ2v) is 9.13. The van der Waals surface area contributed by atoms with E-state index in [-0.39, 0.29) is 5.91 Å². The highest BCUT2D eigenvalue weighted by Crippen LogP contribution is 2.35. The number of aryl methyl sites for hydroxylation is 1. The van der Waals surface area contributed by atoms with E-state index in [9.17, 15) is 4.79 Å². The van der Waals surface area contributed by atoms with Crippen LogP contribution in [0.1, 0.15) is 52.1 Å². The Bertz CT molecular complexity index is 1190. The molecule has 1 aromatic carbocycles. The standard InChI is InChI=1S/C27H32N4O/c1-4-13-31-20(3)19(2)23-17-24(27(32)29-14-8-5-9-15-29)28-26(25(23)31)30-16-12-21-10-6-7-11-22(21)18-30/h4,6-7,10-11,17H,1,5,8-9,12-16,18H2,2-3H3. The minimum absolute atomic E-state index is 0.0683. The molecule has 166 valence electrons. The molecule has 32 heavy (non-hydrogen) atoms. The van der Waals surface area contributed by atoms with Crippen molar-refractivity contribution in [3.05, 3.63) is 71.1 Å². The number of nitrogens with zero attached hydrogens (tertiary/aromatic N) is 4. The number of fused-ring (bicyclic) bond motifs is 2. The van der Waals surface area contributed by atoms with Crippen LogP contribution in [0.3, 0.4) is 0 Å². The molecule has 3 aromatic rings. The van der Waals surface area contributed by atoms with Crippen molar-refractivity contribution < 1.29 is 4.79 Å². The number of carbonyl (C=O) groups is 1. The number of likely N-dealkylation sites (tertiary alicyclic amines) is 1. The zero-order chi connectivity index (χ0) is 22.2. The first-order valence-corrected chi connectivity index (χ1v) is 11.8. The normalized spacial score (nSPS) is 16.3. The average Bonchev–Trinajstić information content (AvgIpc) is 3.08. The summed E-state index contributed by atoms with van der Waals surface area (Å²) in [6, 6.07) is 10.7. The number of benzene rings is 1. The summed E-state index contributed by atoms with van der Waals surface area (Å²) in [6.45, 7) is 12.4. The van der Waals surface area contributed by atoms with Gasteiger partial charge in [-0.3, -0.25) is 4.79 Å². The second kappa shape index (κ2) is 8.45. The molecule has 2 aliphatic rings. The largest absolute Gasteiger partial charge is 0.350 e. The first-order chi connectivity index (χ1) is 15.6. The third-order valence-electron chi connectivity index (χ3n) is 7.20. The molecule has 5 rings (SSSR count). The summed E-state index contributed by atoms with van der Waals surface area (Å²) in [4.78, 5) is 22.8. The van der Waals surface area contributed by atoms with Gasteiger partial charge in [0.05, 0.1) is 5.52 Å². The molecule has 0 bridgehead atoms. The van der Waals surface area contributed by atoms with E-state index >= 15 is 0 Å². The zero-order valence-corrected chi connectivity index (χ0v) is 19.2. The number of hydrogen-bond donors (Lipinski definition) is 0. The first kappa shape index (κ1) is 20.8. The van der Waals surface area contributed by atoms with E-state index in [2.05, 4.69) is 54.2 Å². The first-order valence-electron chi connectivity index (χ1n) is 11.8. The molecular weight excluding hydrogens is 396 g/mol. The van der Waals surface area contributed by atoms with E-state index in [1.165, 1.54) is 28.8 Å². The van der Waals surface area contributed by atoms with Crippen molar-refractivity contribution in [1.29, 1.82) is 0 Å². The third-order valence-corrected chi connectivity index (χ3v) is 7.20. The lowest BCUT2D eigenvalue weighted by Gasteiger charge is -2.31. The highest BCUT2D eigenvalue weighted by molar-refractivity contribution is 6.01. The van der Waals surface area contributed by atoms with Gasteiger partial charge in [-0.15, -0.1) is 6.58 Å². The van der Waals surface area contributed by atoms with Gasteiger partial charge in [-0.05, 0) is 62.3 Å². The highest BCUT2D eigenvalue weighted by atomic mass is 16.2. The Hall–Kier alpha value is -3.08. The summed E-state index contributed by atoms with van der Waals surface area (Å²) in [7, 11) is 0. The molecule has 4 heterocycles. The maximum absolute atomic E-state index is 13.4. The maximum atomic E-state index is 13.4. The smallest absolute Gasteiger partial charge is 0.272 e. The number of rotatable bonds is 4. The lowest BCUT2D eigenvalue weighted by Crippen LogP contribution is -2.37. The SMILES string of the molecule is C=CCn1c(C)c(C)c2cc(C(=O)N3CCCCC3)nc(N3CCc4ccccc4C3)c21. The molecule has 0 N–H and O–H groups in total.